The molecule has 1 aromatic carbocycles. The van der Waals surface area contributed by atoms with Gasteiger partial charge in [-0.15, -0.1) is 11.6 Å². The standard InChI is InChI=1S/C19H15ClO7/c1-25-13-5-3-9(7-14(13)26-2)16(21)15-17(22)11-8-10(20)4-6-12(11)27-18(15)19(23)24/h3,5-8,10H,4H2,1-2H3,(H,23,24). The van der Waals surface area contributed by atoms with Crippen LogP contribution >= 0.6 is 11.6 Å². The van der Waals surface area contributed by atoms with Gasteiger partial charge in [0.2, 0.25) is 17.0 Å². The van der Waals surface area contributed by atoms with Gasteiger partial charge in [0.15, 0.2) is 11.5 Å². The zero-order chi connectivity index (χ0) is 19.7. The zero-order valence-electron chi connectivity index (χ0n) is 14.4. The molecule has 0 aliphatic heterocycles. The summed E-state index contributed by atoms with van der Waals surface area (Å²) in [6.07, 6.45) is 3.38. The molecule has 0 amide bonds. The van der Waals surface area contributed by atoms with Gasteiger partial charge in [-0.1, -0.05) is 6.08 Å². The summed E-state index contributed by atoms with van der Waals surface area (Å²) in [7, 11) is 2.84. The number of aromatic carboxylic acids is 1. The number of alkyl halides is 1. The summed E-state index contributed by atoms with van der Waals surface area (Å²) in [6.45, 7) is 0. The summed E-state index contributed by atoms with van der Waals surface area (Å²) in [6, 6.07) is 4.27. The van der Waals surface area contributed by atoms with Crippen molar-refractivity contribution in [3.63, 3.8) is 0 Å². The number of methoxy groups -OCH3 is 2. The number of benzene rings is 1. The van der Waals surface area contributed by atoms with Crippen LogP contribution in [-0.2, 0) is 0 Å². The Labute approximate surface area is 158 Å². The van der Waals surface area contributed by atoms with E-state index in [1.807, 2.05) is 0 Å². The van der Waals surface area contributed by atoms with Crippen LogP contribution in [0.3, 0.4) is 0 Å². The quantitative estimate of drug-likeness (QED) is 0.603. The van der Waals surface area contributed by atoms with Crippen LogP contribution in [0.5, 0.6) is 11.5 Å². The van der Waals surface area contributed by atoms with Gasteiger partial charge in [0.05, 0.1) is 24.8 Å². The van der Waals surface area contributed by atoms with Crippen molar-refractivity contribution in [3.8, 4) is 11.5 Å². The van der Waals surface area contributed by atoms with Gasteiger partial charge in [-0.3, -0.25) is 9.59 Å². The molecule has 140 valence electrons. The molecule has 1 unspecified atom stereocenters. The predicted molar refractivity (Wildman–Crippen MR) is 97.4 cm³/mol. The molecule has 1 aliphatic rings. The van der Waals surface area contributed by atoms with Crippen molar-refractivity contribution in [1.82, 2.24) is 0 Å². The van der Waals surface area contributed by atoms with Gasteiger partial charge in [0.1, 0.15) is 11.0 Å². The maximum absolute atomic E-state index is 13.0. The number of carbonyl (C=O) groups excluding carboxylic acids is 1. The van der Waals surface area contributed by atoms with Crippen LogP contribution in [0.4, 0.5) is 0 Å². The molecule has 2 aromatic rings. The SMILES string of the molecule is COc1ccc(C(=O)c2c(C(=O)O)oc3c(c2=O)=CC(Cl)CC=3)cc1OC. The lowest BCUT2D eigenvalue weighted by Gasteiger charge is -2.11. The second-order valence-electron chi connectivity index (χ2n) is 5.74. The Kier molecular flexibility index (Phi) is 5.05. The molecular formula is C19H15ClO7. The van der Waals surface area contributed by atoms with Crippen molar-refractivity contribution < 1.29 is 28.6 Å². The molecule has 7 nitrogen and oxygen atoms in total. The highest BCUT2D eigenvalue weighted by atomic mass is 35.5. The van der Waals surface area contributed by atoms with Gasteiger partial charge < -0.3 is 19.0 Å². The fourth-order valence-corrected chi connectivity index (χ4v) is 3.04. The van der Waals surface area contributed by atoms with E-state index in [2.05, 4.69) is 0 Å². The number of carboxylic acid groups (broad SMARTS) is 1. The van der Waals surface area contributed by atoms with Crippen LogP contribution < -0.4 is 25.5 Å². The fraction of sp³-hybridized carbons (Fsp3) is 0.211. The Balaban J connectivity index is 2.27. The first-order valence-electron chi connectivity index (χ1n) is 7.90. The number of fused-ring (bicyclic) bond motifs is 1. The molecule has 8 heteroatoms. The Bertz CT molecular complexity index is 1110. The highest BCUT2D eigenvalue weighted by Gasteiger charge is 2.27. The average Bonchev–Trinajstić information content (AvgIpc) is 2.67. The van der Waals surface area contributed by atoms with Crippen LogP contribution in [0.25, 0.3) is 12.2 Å². The van der Waals surface area contributed by atoms with E-state index in [4.69, 9.17) is 25.5 Å². The van der Waals surface area contributed by atoms with E-state index in [0.717, 1.165) is 0 Å². The van der Waals surface area contributed by atoms with E-state index >= 15 is 0 Å². The predicted octanol–water partition coefficient (Wildman–Crippen LogP) is 1.16. The Morgan fingerprint density at radius 2 is 1.93 bits per heavy atom. The zero-order valence-corrected chi connectivity index (χ0v) is 15.2. The summed E-state index contributed by atoms with van der Waals surface area (Å²) < 4.78 is 15.6. The van der Waals surface area contributed by atoms with Crippen LogP contribution in [0.1, 0.15) is 32.9 Å². The summed E-state index contributed by atoms with van der Waals surface area (Å²) in [5.74, 6) is -2.37. The fourth-order valence-electron chi connectivity index (χ4n) is 2.82. The molecule has 0 radical (unpaired) electrons. The normalized spacial score (nSPS) is 15.1. The minimum atomic E-state index is -1.51. The van der Waals surface area contributed by atoms with Crippen molar-refractivity contribution >= 4 is 35.5 Å². The highest BCUT2D eigenvalue weighted by molar-refractivity contribution is 6.24. The Hall–Kier alpha value is -3.06. The maximum atomic E-state index is 13.0. The molecule has 1 heterocycles. The highest BCUT2D eigenvalue weighted by Crippen LogP contribution is 2.28. The molecule has 1 atom stereocenters. The monoisotopic (exact) mass is 390 g/mol. The number of carboxylic acids is 1. The van der Waals surface area contributed by atoms with Gasteiger partial charge in [-0.25, -0.2) is 4.79 Å². The van der Waals surface area contributed by atoms with E-state index < -0.39 is 33.9 Å². The van der Waals surface area contributed by atoms with Crippen LogP contribution in [0.15, 0.2) is 27.4 Å². The first-order valence-corrected chi connectivity index (χ1v) is 8.34. The number of carbonyl (C=O) groups is 2. The van der Waals surface area contributed by atoms with E-state index in [-0.39, 0.29) is 21.9 Å². The van der Waals surface area contributed by atoms with Crippen LogP contribution in [-0.4, -0.2) is 36.5 Å². The number of hydrogen-bond donors (Lipinski definition) is 1. The van der Waals surface area contributed by atoms with Gasteiger partial charge in [0, 0.05) is 5.56 Å². The van der Waals surface area contributed by atoms with Crippen molar-refractivity contribution in [2.75, 3.05) is 14.2 Å². The molecule has 27 heavy (non-hydrogen) atoms. The number of ether oxygens (including phenoxy) is 2. The number of hydrogen-bond acceptors (Lipinski definition) is 6. The second-order valence-corrected chi connectivity index (χ2v) is 6.30. The van der Waals surface area contributed by atoms with Crippen molar-refractivity contribution in [2.45, 2.75) is 11.8 Å². The molecule has 0 spiro atoms. The molecule has 0 saturated carbocycles. The van der Waals surface area contributed by atoms with Crippen LogP contribution in [0, 0.1) is 0 Å². The van der Waals surface area contributed by atoms with E-state index in [1.165, 1.54) is 44.6 Å². The smallest absolute Gasteiger partial charge is 0.372 e. The largest absolute Gasteiger partial charge is 0.493 e. The van der Waals surface area contributed by atoms with Gasteiger partial charge >= 0.3 is 5.97 Å². The average molecular weight is 391 g/mol. The van der Waals surface area contributed by atoms with Crippen LogP contribution in [0.2, 0.25) is 0 Å². The van der Waals surface area contributed by atoms with Gasteiger partial charge in [-0.2, -0.15) is 0 Å². The van der Waals surface area contributed by atoms with E-state index in [9.17, 15) is 19.5 Å². The Morgan fingerprint density at radius 3 is 2.56 bits per heavy atom. The lowest BCUT2D eigenvalue weighted by atomic mass is 9.99. The van der Waals surface area contributed by atoms with Crippen molar-refractivity contribution in [3.05, 3.63) is 55.9 Å². The summed E-state index contributed by atoms with van der Waals surface area (Å²) in [5, 5.41) is 9.08. The molecular weight excluding hydrogens is 376 g/mol. The summed E-state index contributed by atoms with van der Waals surface area (Å²) in [4.78, 5) is 37.4. The first-order chi connectivity index (χ1) is 12.9. The topological polar surface area (TPSA) is 103 Å². The molecule has 1 aliphatic carbocycles. The second kappa shape index (κ2) is 7.28. The van der Waals surface area contributed by atoms with E-state index in [0.29, 0.717) is 12.2 Å². The molecule has 0 bridgehead atoms. The summed E-state index contributed by atoms with van der Waals surface area (Å²) in [5.41, 5.74) is -1.15. The minimum absolute atomic E-state index is 0.0598. The lowest BCUT2D eigenvalue weighted by Crippen LogP contribution is -2.45. The van der Waals surface area contributed by atoms with Crippen molar-refractivity contribution in [1.29, 1.82) is 0 Å². The van der Waals surface area contributed by atoms with Gasteiger partial charge in [-0.05, 0) is 30.7 Å². The molecule has 1 N–H and O–H groups in total. The van der Waals surface area contributed by atoms with Crippen molar-refractivity contribution in [2.24, 2.45) is 0 Å². The third-order valence-corrected chi connectivity index (χ3v) is 4.42. The lowest BCUT2D eigenvalue weighted by molar-refractivity contribution is 0.0650. The molecule has 0 fully saturated rings. The molecule has 1 aromatic heterocycles. The number of halogens is 1. The maximum Gasteiger partial charge on any atom is 0.372 e. The molecule has 0 saturated heterocycles. The molecule has 3 rings (SSSR count). The first kappa shape index (κ1) is 18.7. The van der Waals surface area contributed by atoms with E-state index in [1.54, 1.807) is 0 Å². The number of ketones is 1. The minimum Gasteiger partial charge on any atom is -0.493 e. The third-order valence-electron chi connectivity index (χ3n) is 4.12. The summed E-state index contributed by atoms with van der Waals surface area (Å²) >= 11 is 6.04. The number of rotatable bonds is 5. The Morgan fingerprint density at radius 1 is 1.22 bits per heavy atom. The van der Waals surface area contributed by atoms with Gasteiger partial charge in [0.25, 0.3) is 0 Å². The third kappa shape index (κ3) is 3.33.